The average Bonchev–Trinajstić information content (AvgIpc) is 3.36. The minimum atomic E-state index is -0.422. The quantitative estimate of drug-likeness (QED) is 0.735. The Morgan fingerprint density at radius 1 is 1.21 bits per heavy atom. The van der Waals surface area contributed by atoms with Crippen LogP contribution in [0, 0.1) is 0 Å². The van der Waals surface area contributed by atoms with E-state index < -0.39 is 6.04 Å². The highest BCUT2D eigenvalue weighted by atomic mass is 32.1. The molecule has 0 radical (unpaired) electrons. The van der Waals surface area contributed by atoms with Crippen molar-refractivity contribution in [2.45, 2.75) is 38.3 Å². The number of thiophene rings is 1. The van der Waals surface area contributed by atoms with Crippen molar-refractivity contribution in [2.75, 3.05) is 13.1 Å². The number of hydrogen-bond acceptors (Lipinski definition) is 3. The highest BCUT2D eigenvalue weighted by molar-refractivity contribution is 7.08. The summed E-state index contributed by atoms with van der Waals surface area (Å²) in [5.41, 5.74) is 4.37. The number of unbranched alkanes of at least 4 members (excludes halogenated alkanes) is 1. The van der Waals surface area contributed by atoms with E-state index in [1.54, 1.807) is 16.2 Å². The Balaban J connectivity index is 1.65. The number of piperazine rings is 1. The van der Waals surface area contributed by atoms with Crippen molar-refractivity contribution in [3.05, 3.63) is 57.9 Å². The molecule has 2 aliphatic rings. The Bertz CT molecular complexity index is 1040. The number of carbonyl (C=O) groups excluding carboxylic acids is 2. The van der Waals surface area contributed by atoms with Crippen molar-refractivity contribution in [3.8, 4) is 0 Å². The normalized spacial score (nSPS) is 21.9. The van der Waals surface area contributed by atoms with E-state index in [0.29, 0.717) is 13.0 Å². The summed E-state index contributed by atoms with van der Waals surface area (Å²) in [5.74, 6) is 0.130. The molecule has 1 N–H and O–H groups in total. The smallest absolute Gasteiger partial charge is 0.246 e. The number of fused-ring (bicyclic) bond motifs is 4. The predicted molar refractivity (Wildman–Crippen MR) is 110 cm³/mol. The third-order valence-corrected chi connectivity index (χ3v) is 6.68. The zero-order valence-electron chi connectivity index (χ0n) is 15.9. The van der Waals surface area contributed by atoms with E-state index in [9.17, 15) is 9.59 Å². The van der Waals surface area contributed by atoms with Gasteiger partial charge in [0.15, 0.2) is 0 Å². The van der Waals surface area contributed by atoms with Crippen molar-refractivity contribution in [1.29, 1.82) is 0 Å². The molecule has 2 atom stereocenters. The van der Waals surface area contributed by atoms with Crippen LogP contribution >= 0.6 is 11.3 Å². The van der Waals surface area contributed by atoms with E-state index in [-0.39, 0.29) is 24.4 Å². The van der Waals surface area contributed by atoms with Crippen molar-refractivity contribution < 1.29 is 9.59 Å². The van der Waals surface area contributed by atoms with Crippen molar-refractivity contribution in [1.82, 2.24) is 14.8 Å². The SMILES string of the molecule is CCCCN1CC(=O)N2C(Cc3c([nH]c4ccccc34)C2c2ccsc2)C1=O. The number of amides is 2. The summed E-state index contributed by atoms with van der Waals surface area (Å²) in [7, 11) is 0. The minimum absolute atomic E-state index is 0.0428. The molecule has 0 bridgehead atoms. The largest absolute Gasteiger partial charge is 0.356 e. The van der Waals surface area contributed by atoms with Crippen LogP contribution in [0.1, 0.15) is 42.6 Å². The van der Waals surface area contributed by atoms with Gasteiger partial charge in [-0.25, -0.2) is 0 Å². The summed E-state index contributed by atoms with van der Waals surface area (Å²) in [6, 6.07) is 9.63. The number of nitrogens with one attached hydrogen (secondary N) is 1. The molecule has 28 heavy (non-hydrogen) atoms. The lowest BCUT2D eigenvalue weighted by Gasteiger charge is -2.46. The van der Waals surface area contributed by atoms with E-state index in [4.69, 9.17) is 0 Å². The molecule has 0 spiro atoms. The maximum absolute atomic E-state index is 13.3. The number of aromatic amines is 1. The third-order valence-electron chi connectivity index (χ3n) is 5.98. The topological polar surface area (TPSA) is 56.4 Å². The van der Waals surface area contributed by atoms with E-state index in [0.717, 1.165) is 35.0 Å². The Hall–Kier alpha value is -2.60. The number of para-hydroxylation sites is 1. The summed E-state index contributed by atoms with van der Waals surface area (Å²) in [6.07, 6.45) is 2.52. The summed E-state index contributed by atoms with van der Waals surface area (Å²) in [5, 5.41) is 5.28. The predicted octanol–water partition coefficient (Wildman–Crippen LogP) is 3.71. The molecule has 4 heterocycles. The van der Waals surface area contributed by atoms with Gasteiger partial charge in [0, 0.05) is 29.6 Å². The van der Waals surface area contributed by atoms with Gasteiger partial charge in [0.25, 0.3) is 0 Å². The Labute approximate surface area is 168 Å². The Morgan fingerprint density at radius 2 is 2.07 bits per heavy atom. The van der Waals surface area contributed by atoms with Crippen LogP contribution in [0.4, 0.5) is 0 Å². The van der Waals surface area contributed by atoms with E-state index in [1.807, 2.05) is 22.4 Å². The Morgan fingerprint density at radius 3 is 2.86 bits per heavy atom. The van der Waals surface area contributed by atoms with Gasteiger partial charge >= 0.3 is 0 Å². The first-order chi connectivity index (χ1) is 13.7. The molecule has 0 saturated carbocycles. The number of rotatable bonds is 4. The van der Waals surface area contributed by atoms with Gasteiger partial charge in [0.05, 0.1) is 12.6 Å². The zero-order valence-corrected chi connectivity index (χ0v) is 16.7. The summed E-state index contributed by atoms with van der Waals surface area (Å²) in [6.45, 7) is 2.95. The van der Waals surface area contributed by atoms with Crippen LogP contribution in [0.5, 0.6) is 0 Å². The average molecular weight is 394 g/mol. The van der Waals surface area contributed by atoms with Crippen LogP contribution in [0.3, 0.4) is 0 Å². The van der Waals surface area contributed by atoms with E-state index in [2.05, 4.69) is 35.5 Å². The highest BCUT2D eigenvalue weighted by Crippen LogP contribution is 2.42. The molecule has 2 aromatic heterocycles. The lowest BCUT2D eigenvalue weighted by Crippen LogP contribution is -2.63. The number of nitrogens with zero attached hydrogens (tertiary/aromatic N) is 2. The molecule has 5 nitrogen and oxygen atoms in total. The second-order valence-electron chi connectivity index (χ2n) is 7.66. The summed E-state index contributed by atoms with van der Waals surface area (Å²) < 4.78 is 0. The van der Waals surface area contributed by atoms with E-state index >= 15 is 0 Å². The third kappa shape index (κ3) is 2.58. The Kier molecular flexibility index (Phi) is 4.23. The highest BCUT2D eigenvalue weighted by Gasteiger charge is 2.48. The van der Waals surface area contributed by atoms with Crippen molar-refractivity contribution in [2.24, 2.45) is 0 Å². The second-order valence-corrected chi connectivity index (χ2v) is 8.44. The molecule has 5 rings (SSSR count). The summed E-state index contributed by atoms with van der Waals surface area (Å²) in [4.78, 5) is 33.7. The molecule has 6 heteroatoms. The fourth-order valence-corrected chi connectivity index (χ4v) is 5.32. The standard InChI is InChI=1S/C22H23N3O2S/c1-2-3-9-24-12-19(26)25-18(22(24)27)11-16-15-6-4-5-7-17(15)23-20(16)21(25)14-8-10-28-13-14/h4-8,10,13,18,21,23H,2-3,9,11-12H2,1H3. The van der Waals surface area contributed by atoms with Crippen LogP contribution in [0.25, 0.3) is 10.9 Å². The number of hydrogen-bond donors (Lipinski definition) is 1. The van der Waals surface area contributed by atoms with Gasteiger partial charge in [0.1, 0.15) is 6.04 Å². The molecule has 2 unspecified atom stereocenters. The minimum Gasteiger partial charge on any atom is -0.356 e. The molecule has 1 fully saturated rings. The lowest BCUT2D eigenvalue weighted by molar-refractivity contribution is -0.158. The first-order valence-corrected chi connectivity index (χ1v) is 10.8. The first-order valence-electron chi connectivity index (χ1n) is 9.90. The molecule has 2 amide bonds. The van der Waals surface area contributed by atoms with Crippen LogP contribution in [0.2, 0.25) is 0 Å². The van der Waals surface area contributed by atoms with Gasteiger partial charge in [-0.3, -0.25) is 9.59 Å². The van der Waals surface area contributed by atoms with E-state index in [1.165, 1.54) is 5.56 Å². The number of benzene rings is 1. The van der Waals surface area contributed by atoms with Crippen molar-refractivity contribution >= 4 is 34.1 Å². The van der Waals surface area contributed by atoms with Gasteiger partial charge in [-0.05, 0) is 40.4 Å². The fourth-order valence-electron chi connectivity index (χ4n) is 4.64. The van der Waals surface area contributed by atoms with Gasteiger partial charge < -0.3 is 14.8 Å². The fraction of sp³-hybridized carbons (Fsp3) is 0.364. The van der Waals surface area contributed by atoms with Gasteiger partial charge in [0.2, 0.25) is 11.8 Å². The van der Waals surface area contributed by atoms with Gasteiger partial charge in [-0.15, -0.1) is 0 Å². The number of carbonyl (C=O) groups is 2. The van der Waals surface area contributed by atoms with Crippen LogP contribution in [-0.4, -0.2) is 45.7 Å². The molecule has 0 aliphatic carbocycles. The first kappa shape index (κ1) is 17.5. The molecule has 144 valence electrons. The van der Waals surface area contributed by atoms with Gasteiger partial charge in [-0.2, -0.15) is 11.3 Å². The number of aromatic nitrogens is 1. The molecular formula is C22H23N3O2S. The molecule has 1 aromatic carbocycles. The molecular weight excluding hydrogens is 370 g/mol. The second kappa shape index (κ2) is 6.78. The van der Waals surface area contributed by atoms with Crippen LogP contribution < -0.4 is 0 Å². The molecule has 3 aromatic rings. The van der Waals surface area contributed by atoms with Crippen molar-refractivity contribution in [3.63, 3.8) is 0 Å². The van der Waals surface area contributed by atoms with Crippen LogP contribution in [-0.2, 0) is 16.0 Å². The summed E-state index contributed by atoms with van der Waals surface area (Å²) >= 11 is 1.62. The number of H-pyrrole nitrogens is 1. The molecule has 1 saturated heterocycles. The van der Waals surface area contributed by atoms with Crippen LogP contribution in [0.15, 0.2) is 41.1 Å². The maximum atomic E-state index is 13.3. The van der Waals surface area contributed by atoms with Gasteiger partial charge in [-0.1, -0.05) is 31.5 Å². The maximum Gasteiger partial charge on any atom is 0.246 e. The molecule has 2 aliphatic heterocycles. The monoisotopic (exact) mass is 393 g/mol. The zero-order chi connectivity index (χ0) is 19.3. The lowest BCUT2D eigenvalue weighted by atomic mass is 9.87.